The molecule has 15 heavy (non-hydrogen) atoms. The molecule has 0 spiro atoms. The highest BCUT2D eigenvalue weighted by atomic mass is 32.2. The van der Waals surface area contributed by atoms with Crippen LogP contribution in [0.1, 0.15) is 30.1 Å². The summed E-state index contributed by atoms with van der Waals surface area (Å²) in [6, 6.07) is 1.53. The zero-order chi connectivity index (χ0) is 11.3. The van der Waals surface area contributed by atoms with E-state index in [0.29, 0.717) is 0 Å². The van der Waals surface area contributed by atoms with Gasteiger partial charge in [-0.15, -0.1) is 11.8 Å². The van der Waals surface area contributed by atoms with E-state index in [-0.39, 0.29) is 11.3 Å². The predicted octanol–water partition coefficient (Wildman–Crippen LogP) is 2.25. The van der Waals surface area contributed by atoms with Gasteiger partial charge in [0, 0.05) is 0 Å². The molecule has 0 radical (unpaired) electrons. The quantitative estimate of drug-likeness (QED) is 0.595. The first-order valence-electron chi connectivity index (χ1n) is 4.76. The van der Waals surface area contributed by atoms with Crippen molar-refractivity contribution >= 4 is 23.4 Å². The zero-order valence-corrected chi connectivity index (χ0v) is 9.38. The zero-order valence-electron chi connectivity index (χ0n) is 8.56. The number of hydrogen-bond acceptors (Lipinski definition) is 4. The summed E-state index contributed by atoms with van der Waals surface area (Å²) in [5.74, 6) is -0.0563. The average molecular weight is 226 g/mol. The molecule has 0 aromatic carbocycles. The first kappa shape index (κ1) is 11.8. The van der Waals surface area contributed by atoms with Crippen molar-refractivity contribution in [1.29, 1.82) is 0 Å². The third kappa shape index (κ3) is 3.43. The molecule has 0 saturated carbocycles. The van der Waals surface area contributed by atoms with Gasteiger partial charge in [0.05, 0.1) is 22.5 Å². The Morgan fingerprint density at radius 1 is 1.67 bits per heavy atom. The molecule has 1 heterocycles. The Bertz CT molecular complexity index is 355. The molecule has 0 aliphatic carbocycles. The van der Waals surface area contributed by atoms with E-state index in [9.17, 15) is 4.79 Å². The van der Waals surface area contributed by atoms with Crippen LogP contribution in [0.4, 0.5) is 5.69 Å². The van der Waals surface area contributed by atoms with Gasteiger partial charge in [-0.3, -0.25) is 0 Å². The lowest BCUT2D eigenvalue weighted by molar-refractivity contribution is 0.0697. The van der Waals surface area contributed by atoms with Crippen molar-refractivity contribution in [3.63, 3.8) is 0 Å². The van der Waals surface area contributed by atoms with Crippen LogP contribution in [0.25, 0.3) is 0 Å². The number of pyridine rings is 1. The summed E-state index contributed by atoms with van der Waals surface area (Å²) in [5.41, 5.74) is 5.83. The van der Waals surface area contributed by atoms with E-state index in [4.69, 9.17) is 10.8 Å². The lowest BCUT2D eigenvalue weighted by Gasteiger charge is -2.03. The number of carboxylic acid groups (broad SMARTS) is 1. The maximum Gasteiger partial charge on any atom is 0.337 e. The molecule has 1 aromatic heterocycles. The van der Waals surface area contributed by atoms with Crippen molar-refractivity contribution in [2.45, 2.75) is 24.8 Å². The number of hydrogen-bond donors (Lipinski definition) is 2. The summed E-state index contributed by atoms with van der Waals surface area (Å²) in [4.78, 5) is 14.9. The molecule has 0 unspecified atom stereocenters. The minimum absolute atomic E-state index is 0.129. The van der Waals surface area contributed by atoms with Crippen molar-refractivity contribution < 1.29 is 9.90 Å². The number of carbonyl (C=O) groups is 1. The largest absolute Gasteiger partial charge is 0.478 e. The van der Waals surface area contributed by atoms with Crippen LogP contribution in [0.5, 0.6) is 0 Å². The van der Waals surface area contributed by atoms with Crippen molar-refractivity contribution in [3.8, 4) is 0 Å². The Morgan fingerprint density at radius 2 is 2.40 bits per heavy atom. The number of aromatic carboxylic acids is 1. The fourth-order valence-corrected chi connectivity index (χ4v) is 2.00. The molecule has 3 N–H and O–H groups in total. The third-order valence-electron chi connectivity index (χ3n) is 1.89. The smallest absolute Gasteiger partial charge is 0.337 e. The van der Waals surface area contributed by atoms with Gasteiger partial charge in [0.15, 0.2) is 0 Å². The highest BCUT2D eigenvalue weighted by Crippen LogP contribution is 2.21. The van der Waals surface area contributed by atoms with Crippen LogP contribution in [0.15, 0.2) is 17.3 Å². The predicted molar refractivity (Wildman–Crippen MR) is 61.2 cm³/mol. The molecule has 0 amide bonds. The number of unbranched alkanes of at least 4 members (excludes halogenated alkanes) is 1. The normalized spacial score (nSPS) is 10.2. The van der Waals surface area contributed by atoms with E-state index in [1.165, 1.54) is 12.3 Å². The van der Waals surface area contributed by atoms with Crippen molar-refractivity contribution in [1.82, 2.24) is 4.98 Å². The SMILES string of the molecule is CCCCSc1cc(C(=O)O)c(N)cn1. The van der Waals surface area contributed by atoms with Crippen LogP contribution in [0, 0.1) is 0 Å². The number of thioether (sulfide) groups is 1. The first-order chi connectivity index (χ1) is 7.15. The van der Waals surface area contributed by atoms with E-state index in [1.807, 2.05) is 0 Å². The standard InChI is InChI=1S/C10H14N2O2S/c1-2-3-4-15-9-5-7(10(13)14)8(11)6-12-9/h5-6H,2-4,11H2,1H3,(H,13,14). The summed E-state index contributed by atoms with van der Waals surface area (Å²) in [6.07, 6.45) is 3.62. The maximum atomic E-state index is 10.8. The Labute approximate surface area is 92.9 Å². The van der Waals surface area contributed by atoms with Crippen molar-refractivity contribution in [2.75, 3.05) is 11.5 Å². The van der Waals surface area contributed by atoms with Crippen LogP contribution in [0.2, 0.25) is 0 Å². The monoisotopic (exact) mass is 226 g/mol. The van der Waals surface area contributed by atoms with Crippen molar-refractivity contribution in [2.24, 2.45) is 0 Å². The Balaban J connectivity index is 2.74. The highest BCUT2D eigenvalue weighted by molar-refractivity contribution is 7.99. The van der Waals surface area contributed by atoms with Crippen LogP contribution >= 0.6 is 11.8 Å². The number of carboxylic acids is 1. The minimum atomic E-state index is -1.01. The molecule has 1 aromatic rings. The van der Waals surface area contributed by atoms with E-state index in [2.05, 4.69) is 11.9 Å². The van der Waals surface area contributed by atoms with Crippen LogP contribution in [0.3, 0.4) is 0 Å². The Kier molecular flexibility index (Phi) is 4.42. The number of anilines is 1. The molecule has 4 nitrogen and oxygen atoms in total. The van der Waals surface area contributed by atoms with Crippen molar-refractivity contribution in [3.05, 3.63) is 17.8 Å². The van der Waals surface area contributed by atoms with E-state index in [1.54, 1.807) is 11.8 Å². The van der Waals surface area contributed by atoms with Gasteiger partial charge in [0.2, 0.25) is 0 Å². The van der Waals surface area contributed by atoms with Gasteiger partial charge < -0.3 is 10.8 Å². The van der Waals surface area contributed by atoms with Crippen LogP contribution in [-0.4, -0.2) is 21.8 Å². The number of nitrogen functional groups attached to an aromatic ring is 1. The molecule has 1 rings (SSSR count). The molecule has 0 saturated heterocycles. The Hall–Kier alpha value is -1.23. The van der Waals surface area contributed by atoms with Gasteiger partial charge >= 0.3 is 5.97 Å². The van der Waals surface area contributed by atoms with Crippen LogP contribution in [-0.2, 0) is 0 Å². The Morgan fingerprint density at radius 3 is 3.00 bits per heavy atom. The third-order valence-corrected chi connectivity index (χ3v) is 2.90. The molecular weight excluding hydrogens is 212 g/mol. The second-order valence-corrected chi connectivity index (χ2v) is 4.23. The van der Waals surface area contributed by atoms with Crippen LogP contribution < -0.4 is 5.73 Å². The molecule has 5 heteroatoms. The summed E-state index contributed by atoms with van der Waals surface area (Å²) in [6.45, 7) is 2.11. The van der Waals surface area contributed by atoms with Gasteiger partial charge in [-0.1, -0.05) is 13.3 Å². The topological polar surface area (TPSA) is 76.2 Å². The second kappa shape index (κ2) is 5.60. The van der Waals surface area contributed by atoms with E-state index in [0.717, 1.165) is 23.6 Å². The van der Waals surface area contributed by atoms with E-state index >= 15 is 0 Å². The summed E-state index contributed by atoms with van der Waals surface area (Å²) in [7, 11) is 0. The fourth-order valence-electron chi connectivity index (χ4n) is 1.03. The first-order valence-corrected chi connectivity index (χ1v) is 5.75. The highest BCUT2D eigenvalue weighted by Gasteiger charge is 2.09. The molecule has 0 bridgehead atoms. The molecular formula is C10H14N2O2S. The van der Waals surface area contributed by atoms with Gasteiger partial charge in [-0.2, -0.15) is 0 Å². The molecule has 0 aliphatic rings. The molecule has 0 aliphatic heterocycles. The van der Waals surface area contributed by atoms with Gasteiger partial charge in [-0.25, -0.2) is 9.78 Å². The number of rotatable bonds is 5. The van der Waals surface area contributed by atoms with E-state index < -0.39 is 5.97 Å². The number of nitrogens with zero attached hydrogens (tertiary/aromatic N) is 1. The van der Waals surface area contributed by atoms with Gasteiger partial charge in [0.1, 0.15) is 0 Å². The lowest BCUT2D eigenvalue weighted by atomic mass is 10.2. The van der Waals surface area contributed by atoms with Gasteiger partial charge in [-0.05, 0) is 18.2 Å². The maximum absolute atomic E-state index is 10.8. The summed E-state index contributed by atoms with van der Waals surface area (Å²) >= 11 is 1.56. The summed E-state index contributed by atoms with van der Waals surface area (Å²) in [5, 5.41) is 9.56. The number of nitrogens with two attached hydrogens (primary N) is 1. The molecule has 0 atom stereocenters. The summed E-state index contributed by atoms with van der Waals surface area (Å²) < 4.78 is 0. The van der Waals surface area contributed by atoms with Gasteiger partial charge in [0.25, 0.3) is 0 Å². The minimum Gasteiger partial charge on any atom is -0.478 e. The number of aromatic nitrogens is 1. The lowest BCUT2D eigenvalue weighted by Crippen LogP contribution is -2.03. The molecule has 82 valence electrons. The average Bonchev–Trinajstić information content (AvgIpc) is 2.20. The second-order valence-electron chi connectivity index (χ2n) is 3.12. The fraction of sp³-hybridized carbons (Fsp3) is 0.400. The molecule has 0 fully saturated rings.